The van der Waals surface area contributed by atoms with Gasteiger partial charge in [0.05, 0.1) is 20.3 Å². The quantitative estimate of drug-likeness (QED) is 0.304. The summed E-state index contributed by atoms with van der Waals surface area (Å²) in [6, 6.07) is 16.3. The zero-order valence-electron chi connectivity index (χ0n) is 18.2. The molecule has 0 spiro atoms. The number of rotatable bonds is 8. The number of benzene rings is 2. The van der Waals surface area contributed by atoms with E-state index in [1.165, 1.54) is 11.1 Å². The predicted octanol–water partition coefficient (Wildman–Crippen LogP) is 3.94. The number of hydrogen-bond donors (Lipinski definition) is 2. The fourth-order valence-corrected chi connectivity index (χ4v) is 3.45. The molecule has 0 atom stereocenters. The van der Waals surface area contributed by atoms with Crippen LogP contribution in [0.3, 0.4) is 0 Å². The summed E-state index contributed by atoms with van der Waals surface area (Å²) >= 11 is 0. The summed E-state index contributed by atoms with van der Waals surface area (Å²) in [5.74, 6) is 2.19. The summed E-state index contributed by atoms with van der Waals surface area (Å²) < 4.78 is 10.9. The van der Waals surface area contributed by atoms with Crippen molar-refractivity contribution >= 4 is 35.5 Å². The second-order valence-corrected chi connectivity index (χ2v) is 7.02. The van der Waals surface area contributed by atoms with Crippen LogP contribution in [0.4, 0.5) is 0 Å². The Labute approximate surface area is 202 Å². The van der Waals surface area contributed by atoms with Gasteiger partial charge >= 0.3 is 0 Å². The third-order valence-electron chi connectivity index (χ3n) is 4.98. The maximum Gasteiger partial charge on any atom is 0.194 e. The Balaban J connectivity index is 0.00000341. The molecule has 0 radical (unpaired) electrons. The van der Waals surface area contributed by atoms with Gasteiger partial charge < -0.3 is 24.8 Å². The summed E-state index contributed by atoms with van der Waals surface area (Å²) in [5, 5.41) is 12.4. The number of hydrogen-bond acceptors (Lipinski definition) is 4. The molecular formula is C24H32IN3O3. The maximum absolute atomic E-state index is 8.95. The highest BCUT2D eigenvalue weighted by Crippen LogP contribution is 2.28. The average molecular weight is 537 g/mol. The van der Waals surface area contributed by atoms with Crippen molar-refractivity contribution in [2.75, 3.05) is 40.0 Å². The molecule has 0 bridgehead atoms. The molecule has 2 aromatic rings. The van der Waals surface area contributed by atoms with Crippen molar-refractivity contribution in [1.82, 2.24) is 10.2 Å². The van der Waals surface area contributed by atoms with E-state index >= 15 is 0 Å². The topological polar surface area (TPSA) is 66.3 Å². The molecule has 2 N–H and O–H groups in total. The molecule has 7 heteroatoms. The zero-order chi connectivity index (χ0) is 21.2. The number of halogens is 1. The van der Waals surface area contributed by atoms with Crippen LogP contribution in [-0.2, 0) is 6.54 Å². The van der Waals surface area contributed by atoms with Crippen LogP contribution in [0.15, 0.2) is 59.6 Å². The van der Waals surface area contributed by atoms with Crippen LogP contribution in [0.2, 0.25) is 0 Å². The molecule has 1 heterocycles. The summed E-state index contributed by atoms with van der Waals surface area (Å²) in [6.45, 7) is 5.44. The summed E-state index contributed by atoms with van der Waals surface area (Å²) in [6.07, 6.45) is 3.29. The number of aliphatic imine (C=N–C) groups is 1. The van der Waals surface area contributed by atoms with Crippen molar-refractivity contribution in [3.63, 3.8) is 0 Å². The highest BCUT2D eigenvalue weighted by atomic mass is 127. The molecule has 3 rings (SSSR count). The van der Waals surface area contributed by atoms with E-state index in [2.05, 4.69) is 53.5 Å². The van der Waals surface area contributed by atoms with Crippen LogP contribution in [-0.4, -0.2) is 55.9 Å². The van der Waals surface area contributed by atoms with Crippen molar-refractivity contribution in [3.05, 3.63) is 65.7 Å². The molecule has 1 aliphatic heterocycles. The van der Waals surface area contributed by atoms with E-state index in [0.717, 1.165) is 37.6 Å². The standard InChI is InChI=1S/C24H31N3O3.HI/c1-3-25-24(27-13-11-21(12-14-27)20-7-5-4-6-8-20)26-18-19-9-10-22(30-16-15-28)23(17-19)29-2;/h4-11,17,28H,3,12-16,18H2,1-2H3,(H,25,26);1H. The number of methoxy groups -OCH3 is 1. The van der Waals surface area contributed by atoms with Crippen LogP contribution in [0.1, 0.15) is 24.5 Å². The Morgan fingerprint density at radius 3 is 2.61 bits per heavy atom. The van der Waals surface area contributed by atoms with Gasteiger partial charge in [0, 0.05) is 19.6 Å². The van der Waals surface area contributed by atoms with Crippen molar-refractivity contribution in [3.8, 4) is 11.5 Å². The smallest absolute Gasteiger partial charge is 0.194 e. The highest BCUT2D eigenvalue weighted by molar-refractivity contribution is 14.0. The van der Waals surface area contributed by atoms with Gasteiger partial charge in [-0.1, -0.05) is 42.5 Å². The summed E-state index contributed by atoms with van der Waals surface area (Å²) in [7, 11) is 1.61. The molecule has 168 valence electrons. The number of aliphatic hydroxyl groups excluding tert-OH is 1. The number of nitrogens with zero attached hydrogens (tertiary/aromatic N) is 2. The lowest BCUT2D eigenvalue weighted by molar-refractivity contribution is 0.196. The molecule has 0 saturated carbocycles. The molecule has 0 fully saturated rings. The van der Waals surface area contributed by atoms with Crippen LogP contribution in [0.25, 0.3) is 5.57 Å². The molecule has 1 aliphatic rings. The van der Waals surface area contributed by atoms with Gasteiger partial charge in [0.1, 0.15) is 6.61 Å². The van der Waals surface area contributed by atoms with E-state index in [-0.39, 0.29) is 37.2 Å². The second-order valence-electron chi connectivity index (χ2n) is 7.02. The average Bonchev–Trinajstić information content (AvgIpc) is 2.81. The van der Waals surface area contributed by atoms with Gasteiger partial charge in [-0.25, -0.2) is 4.99 Å². The molecule has 0 aromatic heterocycles. The lowest BCUT2D eigenvalue weighted by atomic mass is 10.00. The van der Waals surface area contributed by atoms with E-state index in [1.807, 2.05) is 18.2 Å². The zero-order valence-corrected chi connectivity index (χ0v) is 20.5. The highest BCUT2D eigenvalue weighted by Gasteiger charge is 2.16. The van der Waals surface area contributed by atoms with Crippen molar-refractivity contribution in [2.24, 2.45) is 4.99 Å². The van der Waals surface area contributed by atoms with E-state index in [1.54, 1.807) is 7.11 Å². The maximum atomic E-state index is 8.95. The predicted molar refractivity (Wildman–Crippen MR) is 136 cm³/mol. The number of aliphatic hydroxyl groups is 1. The normalized spacial score (nSPS) is 13.8. The molecule has 31 heavy (non-hydrogen) atoms. The van der Waals surface area contributed by atoms with Crippen LogP contribution < -0.4 is 14.8 Å². The molecular weight excluding hydrogens is 505 g/mol. The third kappa shape index (κ3) is 7.14. The van der Waals surface area contributed by atoms with Gasteiger partial charge in [0.15, 0.2) is 17.5 Å². The fourth-order valence-electron chi connectivity index (χ4n) is 3.45. The second kappa shape index (κ2) is 13.2. The number of guanidine groups is 1. The molecule has 2 aromatic carbocycles. The lowest BCUT2D eigenvalue weighted by Crippen LogP contribution is -2.43. The minimum atomic E-state index is -0.0302. The first-order valence-corrected chi connectivity index (χ1v) is 10.4. The minimum absolute atomic E-state index is 0. The SMILES string of the molecule is CCNC(=NCc1ccc(OCCO)c(OC)c1)N1CC=C(c2ccccc2)CC1.I. The van der Waals surface area contributed by atoms with E-state index in [4.69, 9.17) is 19.6 Å². The monoisotopic (exact) mass is 537 g/mol. The molecule has 0 saturated heterocycles. The molecule has 0 amide bonds. The Hall–Kier alpha value is -2.26. The van der Waals surface area contributed by atoms with Crippen molar-refractivity contribution < 1.29 is 14.6 Å². The van der Waals surface area contributed by atoms with Crippen molar-refractivity contribution in [1.29, 1.82) is 0 Å². The molecule has 0 aliphatic carbocycles. The van der Waals surface area contributed by atoms with Crippen LogP contribution in [0.5, 0.6) is 11.5 Å². The van der Waals surface area contributed by atoms with Gasteiger partial charge in [0.25, 0.3) is 0 Å². The fraction of sp³-hybridized carbons (Fsp3) is 0.375. The lowest BCUT2D eigenvalue weighted by Gasteiger charge is -2.30. The number of nitrogens with one attached hydrogen (secondary N) is 1. The molecule has 6 nitrogen and oxygen atoms in total. The Kier molecular flexibility index (Phi) is 10.7. The molecule has 0 unspecified atom stereocenters. The van der Waals surface area contributed by atoms with Gasteiger partial charge in [-0.3, -0.25) is 0 Å². The first-order chi connectivity index (χ1) is 14.7. The van der Waals surface area contributed by atoms with Gasteiger partial charge in [-0.15, -0.1) is 24.0 Å². The first-order valence-electron chi connectivity index (χ1n) is 10.4. The van der Waals surface area contributed by atoms with Gasteiger partial charge in [0.2, 0.25) is 0 Å². The minimum Gasteiger partial charge on any atom is -0.493 e. The van der Waals surface area contributed by atoms with E-state index in [9.17, 15) is 0 Å². The summed E-state index contributed by atoms with van der Waals surface area (Å²) in [5.41, 5.74) is 3.73. The Bertz CT molecular complexity index is 872. The first kappa shape index (κ1) is 25.0. The largest absolute Gasteiger partial charge is 0.493 e. The third-order valence-corrected chi connectivity index (χ3v) is 4.98. The Morgan fingerprint density at radius 2 is 1.97 bits per heavy atom. The van der Waals surface area contributed by atoms with Gasteiger partial charge in [-0.05, 0) is 42.2 Å². The summed E-state index contributed by atoms with van der Waals surface area (Å²) in [4.78, 5) is 7.12. The van der Waals surface area contributed by atoms with Crippen LogP contribution >= 0.6 is 24.0 Å². The number of ether oxygens (including phenoxy) is 2. The van der Waals surface area contributed by atoms with E-state index < -0.39 is 0 Å². The van der Waals surface area contributed by atoms with Gasteiger partial charge in [-0.2, -0.15) is 0 Å². The Morgan fingerprint density at radius 1 is 1.16 bits per heavy atom. The van der Waals surface area contributed by atoms with E-state index in [0.29, 0.717) is 18.0 Å². The van der Waals surface area contributed by atoms with Crippen LogP contribution in [0, 0.1) is 0 Å². The van der Waals surface area contributed by atoms with Crippen molar-refractivity contribution in [2.45, 2.75) is 19.9 Å².